The van der Waals surface area contributed by atoms with Gasteiger partial charge in [-0.2, -0.15) is 0 Å². The van der Waals surface area contributed by atoms with Crippen LogP contribution < -0.4 is 52.3 Å². The summed E-state index contributed by atoms with van der Waals surface area (Å²) in [7, 11) is 1.70. The van der Waals surface area contributed by atoms with Gasteiger partial charge >= 0.3 is 0 Å². The van der Waals surface area contributed by atoms with Crippen LogP contribution in [0.3, 0.4) is 0 Å². The molecule has 23 nitrogen and oxygen atoms in total. The second kappa shape index (κ2) is 33.1. The Kier molecular flexibility index (Phi) is 23.9. The minimum Gasteiger partial charge on any atom is -0.366 e. The van der Waals surface area contributed by atoms with Crippen molar-refractivity contribution in [2.45, 2.75) is 179 Å². The van der Waals surface area contributed by atoms with Gasteiger partial charge in [0.25, 0.3) is 0 Å². The molecule has 2 aliphatic carbocycles. The lowest BCUT2D eigenvalue weighted by Gasteiger charge is -2.48. The standard InChI is InChI=1S/C76H106F2N16O7/c1-50(79-4)72(99)87-71(54-15-6-5-7-16-54)74(101)94-46-58(36-64(94)73(100)86-62-19-11-17-53-14-8-9-18-59(53)62)85-69(97)21-20-67(95)80-27-33-91-44-56-42-90(43-57(56)45-91)28-22-68(96)82-40-52-13-10-12-51(34-52)39-81-65-38-66(84-49-83-65)92-31-25-76(26-32-92)48-93(47-70(98)88-76)63-37-60(77)55(35-61(63)78)41-89-29-23-75(2,3)24-30-89/h8-10,12-14,18,34-35,37-38,49-50,54,56-58,62,64,71,79H,5-7,11,15-17,19-33,36,39-48H2,1-4H3,(H,80,95)(H,82,96)(H,85,97)(H,86,100)(H,87,99)(H,88,98)(H,81,83,84)/t50-,56-,57+,58-,62?,64-,71-/m0/s1. The number of halogens is 2. The van der Waals surface area contributed by atoms with Crippen molar-refractivity contribution >= 4 is 58.7 Å². The van der Waals surface area contributed by atoms with Crippen molar-refractivity contribution in [2.75, 3.05) is 114 Å². The van der Waals surface area contributed by atoms with Crippen molar-refractivity contribution in [3.8, 4) is 0 Å². The zero-order chi connectivity index (χ0) is 70.8. The maximum absolute atomic E-state index is 15.8. The number of aryl methyl sites for hydroxylation is 1. The number of nitrogens with zero attached hydrogens (tertiary/aromatic N) is 8. The molecule has 0 bridgehead atoms. The Hall–Kier alpha value is -7.87. The molecule has 6 saturated heterocycles. The van der Waals surface area contributed by atoms with E-state index in [2.05, 4.69) is 98.1 Å². The normalized spacial score (nSPS) is 23.7. The number of anilines is 3. The summed E-state index contributed by atoms with van der Waals surface area (Å²) in [5.41, 5.74) is 4.41. The van der Waals surface area contributed by atoms with Crippen LogP contribution in [-0.2, 0) is 59.6 Å². The van der Waals surface area contributed by atoms with Gasteiger partial charge < -0.3 is 67.0 Å². The van der Waals surface area contributed by atoms with Gasteiger partial charge in [-0.1, -0.05) is 81.6 Å². The number of aromatic nitrogens is 2. The summed E-state index contributed by atoms with van der Waals surface area (Å²) in [6, 6.07) is 17.8. The third kappa shape index (κ3) is 18.9. The molecule has 7 heterocycles. The first-order valence-electron chi connectivity index (χ1n) is 37.3. The number of fused-ring (bicyclic) bond motifs is 2. The third-order valence-electron chi connectivity index (χ3n) is 23.0. The quantitative estimate of drug-likeness (QED) is 0.0376. The highest BCUT2D eigenvalue weighted by Crippen LogP contribution is 2.37. The van der Waals surface area contributed by atoms with E-state index >= 15 is 8.78 Å². The van der Waals surface area contributed by atoms with Crippen molar-refractivity contribution in [1.29, 1.82) is 0 Å². The smallest absolute Gasteiger partial charge is 0.246 e. The predicted octanol–water partition coefficient (Wildman–Crippen LogP) is 5.68. The summed E-state index contributed by atoms with van der Waals surface area (Å²) >= 11 is 0. The second-order valence-corrected chi connectivity index (χ2v) is 30.9. The van der Waals surface area contributed by atoms with E-state index in [0.717, 1.165) is 126 Å². The largest absolute Gasteiger partial charge is 0.366 e. The Morgan fingerprint density at radius 1 is 0.703 bits per heavy atom. The Morgan fingerprint density at radius 2 is 1.42 bits per heavy atom. The molecule has 12 rings (SSSR count). The van der Waals surface area contributed by atoms with Gasteiger partial charge in [0.15, 0.2) is 0 Å². The second-order valence-electron chi connectivity index (χ2n) is 30.9. The number of hydrogen-bond acceptors (Lipinski definition) is 16. The van der Waals surface area contributed by atoms with Gasteiger partial charge in [0.2, 0.25) is 41.4 Å². The molecule has 4 aromatic rings. The van der Waals surface area contributed by atoms with Crippen molar-refractivity contribution in [1.82, 2.24) is 66.8 Å². The predicted molar refractivity (Wildman–Crippen MR) is 383 cm³/mol. The van der Waals surface area contributed by atoms with E-state index in [9.17, 15) is 33.6 Å². The van der Waals surface area contributed by atoms with Crippen LogP contribution in [0, 0.1) is 34.8 Å². The molecule has 1 spiro atoms. The number of benzene rings is 3. The van der Waals surface area contributed by atoms with Crippen LogP contribution in [0.1, 0.15) is 151 Å². The lowest BCUT2D eigenvalue weighted by atomic mass is 9.82. The van der Waals surface area contributed by atoms with Crippen molar-refractivity contribution in [2.24, 2.45) is 23.2 Å². The molecule has 8 aliphatic rings. The van der Waals surface area contributed by atoms with Crippen LogP contribution in [0.2, 0.25) is 0 Å². The number of likely N-dealkylation sites (tertiary alicyclic amines) is 4. The summed E-state index contributed by atoms with van der Waals surface area (Å²) in [4.78, 5) is 117. The van der Waals surface area contributed by atoms with Gasteiger partial charge in [-0.25, -0.2) is 18.7 Å². The number of rotatable bonds is 26. The number of likely N-dealkylation sites (N-methyl/N-ethyl adjacent to an activating group) is 1. The number of hydrogen-bond donors (Lipinski definition) is 8. The third-order valence-corrected chi connectivity index (χ3v) is 23.0. The molecule has 3 aromatic carbocycles. The molecule has 0 radical (unpaired) electrons. The molecule has 7 atom stereocenters. The fourth-order valence-corrected chi connectivity index (χ4v) is 16.9. The molecule has 6 aliphatic heterocycles. The highest BCUT2D eigenvalue weighted by Gasteiger charge is 2.47. The highest BCUT2D eigenvalue weighted by molar-refractivity contribution is 5.94. The Balaban J connectivity index is 0.531. The zero-order valence-electron chi connectivity index (χ0n) is 59.6. The summed E-state index contributed by atoms with van der Waals surface area (Å²) in [6.07, 6.45) is 12.5. The van der Waals surface area contributed by atoms with Crippen LogP contribution >= 0.6 is 0 Å². The number of piperidine rings is 2. The van der Waals surface area contributed by atoms with Gasteiger partial charge in [-0.3, -0.25) is 38.5 Å². The number of amides is 7. The molecule has 546 valence electrons. The molecule has 7 fully saturated rings. The SMILES string of the molecule is CN[C@@H](C)C(=O)N[C@H](C(=O)N1C[C@@H](NC(=O)CCC(=O)NCCN2C[C@@H]3CN(CCC(=O)NCc4cccc(CNc5cc(N6CCC7(CC6)CN(c6cc(F)c(CN8CCC(C)(C)CC8)cc6F)CC(=O)N7)ncn5)c4)C[C@@H]3C2)C[C@H]1C(=O)NC1CCCc2ccccc21)C1CCCCC1. The molecular weight excluding hydrogens is 1290 g/mol. The van der Waals surface area contributed by atoms with Crippen molar-refractivity contribution in [3.05, 3.63) is 113 Å². The molecule has 1 unspecified atom stereocenters. The summed E-state index contributed by atoms with van der Waals surface area (Å²) < 4.78 is 31.4. The molecule has 1 saturated carbocycles. The van der Waals surface area contributed by atoms with E-state index in [1.54, 1.807) is 23.8 Å². The lowest BCUT2D eigenvalue weighted by molar-refractivity contribution is -0.143. The van der Waals surface area contributed by atoms with E-state index in [-0.39, 0.29) is 96.8 Å². The van der Waals surface area contributed by atoms with Gasteiger partial charge in [0.1, 0.15) is 41.7 Å². The summed E-state index contributed by atoms with van der Waals surface area (Å²) in [5.74, 6) is -0.293. The van der Waals surface area contributed by atoms with E-state index in [1.165, 1.54) is 24.0 Å². The summed E-state index contributed by atoms with van der Waals surface area (Å²) in [6.45, 7) is 16.3. The summed E-state index contributed by atoms with van der Waals surface area (Å²) in [5, 5.41) is 25.1. The topological polar surface area (TPSA) is 261 Å². The highest BCUT2D eigenvalue weighted by atomic mass is 19.1. The zero-order valence-corrected chi connectivity index (χ0v) is 59.6. The van der Waals surface area contributed by atoms with Gasteiger partial charge in [0, 0.05) is 135 Å². The fourth-order valence-electron chi connectivity index (χ4n) is 16.9. The maximum atomic E-state index is 15.8. The molecule has 101 heavy (non-hydrogen) atoms. The van der Waals surface area contributed by atoms with Crippen LogP contribution in [0.25, 0.3) is 0 Å². The monoisotopic (exact) mass is 1390 g/mol. The van der Waals surface area contributed by atoms with Crippen LogP contribution in [-0.4, -0.2) is 199 Å². The van der Waals surface area contributed by atoms with Crippen LogP contribution in [0.15, 0.2) is 73.1 Å². The molecule has 1 aromatic heterocycles. The average Bonchev–Trinajstić information content (AvgIpc) is 1.75. The first-order chi connectivity index (χ1) is 48.7. The number of carbonyl (C=O) groups excluding carboxylic acids is 7. The molecule has 7 amide bonds. The average molecular weight is 1390 g/mol. The number of piperazine rings is 1. The van der Waals surface area contributed by atoms with Gasteiger partial charge in [-0.15, -0.1) is 0 Å². The van der Waals surface area contributed by atoms with E-state index in [1.807, 2.05) is 42.5 Å². The Labute approximate surface area is 593 Å². The fraction of sp³-hybridized carbons (Fsp3) is 0.618. The van der Waals surface area contributed by atoms with E-state index in [0.29, 0.717) is 101 Å². The Morgan fingerprint density at radius 3 is 2.17 bits per heavy atom. The molecule has 8 N–H and O–H groups in total. The number of carbonyl (C=O) groups is 7. The van der Waals surface area contributed by atoms with E-state index < -0.39 is 41.3 Å². The van der Waals surface area contributed by atoms with Crippen LogP contribution in [0.4, 0.5) is 26.1 Å². The minimum atomic E-state index is -0.857. The first kappa shape index (κ1) is 72.9. The Bertz CT molecular complexity index is 3580. The van der Waals surface area contributed by atoms with Crippen molar-refractivity contribution in [3.63, 3.8) is 0 Å². The number of nitrogens with one attached hydrogen (secondary N) is 8. The van der Waals surface area contributed by atoms with Gasteiger partial charge in [-0.05, 0) is 143 Å². The molecule has 25 heteroatoms. The lowest BCUT2D eigenvalue weighted by Crippen LogP contribution is -2.66. The van der Waals surface area contributed by atoms with E-state index in [4.69, 9.17) is 0 Å². The van der Waals surface area contributed by atoms with Crippen molar-refractivity contribution < 1.29 is 42.3 Å². The molecular formula is C76H106F2N16O7. The van der Waals surface area contributed by atoms with Gasteiger partial charge in [0.05, 0.1) is 29.9 Å². The first-order valence-corrected chi connectivity index (χ1v) is 37.3. The maximum Gasteiger partial charge on any atom is 0.246 e. The minimum absolute atomic E-state index is 0.000930. The van der Waals surface area contributed by atoms with Crippen LogP contribution in [0.5, 0.6) is 0 Å².